The van der Waals surface area contributed by atoms with Crippen LogP contribution >= 0.6 is 0 Å². The number of anilines is 2. The second-order valence-corrected chi connectivity index (χ2v) is 13.0. The molecule has 0 aliphatic carbocycles. The van der Waals surface area contributed by atoms with Gasteiger partial charge >= 0.3 is 12.2 Å². The van der Waals surface area contributed by atoms with E-state index in [9.17, 15) is 14.4 Å². The minimum atomic E-state index is -0.568. The van der Waals surface area contributed by atoms with Crippen LogP contribution in [0.15, 0.2) is 42.5 Å². The highest BCUT2D eigenvalue weighted by Crippen LogP contribution is 2.28. The number of piperazine rings is 1. The van der Waals surface area contributed by atoms with Crippen molar-refractivity contribution in [3.8, 4) is 0 Å². The highest BCUT2D eigenvalue weighted by atomic mass is 19.1. The predicted octanol–water partition coefficient (Wildman–Crippen LogP) is 6.47. The lowest BCUT2D eigenvalue weighted by Gasteiger charge is -2.36. The van der Waals surface area contributed by atoms with Crippen LogP contribution in [0.1, 0.15) is 69.4 Å². The third-order valence-electron chi connectivity index (χ3n) is 7.18. The molecule has 0 bridgehead atoms. The molecule has 0 aromatic heterocycles. The number of hydrogen-bond acceptors (Lipinski definition) is 6. The monoisotopic (exact) mass is 594 g/mol. The summed E-state index contributed by atoms with van der Waals surface area (Å²) in [5.41, 5.74) is 3.08. The van der Waals surface area contributed by atoms with Gasteiger partial charge in [-0.2, -0.15) is 0 Å². The quantitative estimate of drug-likeness (QED) is 0.437. The number of halogens is 1. The van der Waals surface area contributed by atoms with Crippen molar-refractivity contribution in [2.24, 2.45) is 0 Å². The normalized spacial score (nSPS) is 16.0. The van der Waals surface area contributed by atoms with Crippen molar-refractivity contribution < 1.29 is 28.2 Å². The number of rotatable bonds is 4. The van der Waals surface area contributed by atoms with E-state index in [4.69, 9.17) is 9.47 Å². The van der Waals surface area contributed by atoms with Gasteiger partial charge in [0.2, 0.25) is 0 Å². The molecule has 0 atom stereocenters. The largest absolute Gasteiger partial charge is 0.444 e. The first-order valence-corrected chi connectivity index (χ1v) is 14.7. The lowest BCUT2D eigenvalue weighted by molar-refractivity contribution is 0.0237. The molecular weight excluding hydrogens is 551 g/mol. The standard InChI is InChI=1S/C33H43FN4O5/c1-22-20-24(23-12-14-37(15-13-23)30(40)42-32(2,3)4)8-10-26(22)29(39)35-25-9-11-28(27(34)21-25)36-16-18-38(19-17-36)31(41)43-33(5,6)7/h8-12,20-21H,13-19H2,1-7H3,(H,35,39). The van der Waals surface area contributed by atoms with Gasteiger partial charge in [0, 0.05) is 50.5 Å². The number of ether oxygens (including phenoxy) is 2. The van der Waals surface area contributed by atoms with E-state index in [0.29, 0.717) is 62.6 Å². The number of carbonyl (C=O) groups excluding carboxylic acids is 3. The Hall–Kier alpha value is -4.08. The fourth-order valence-electron chi connectivity index (χ4n) is 5.04. The smallest absolute Gasteiger partial charge is 0.410 e. The Morgan fingerprint density at radius 2 is 1.44 bits per heavy atom. The summed E-state index contributed by atoms with van der Waals surface area (Å²) in [7, 11) is 0. The fourth-order valence-corrected chi connectivity index (χ4v) is 5.04. The summed E-state index contributed by atoms with van der Waals surface area (Å²) in [6, 6.07) is 10.3. The van der Waals surface area contributed by atoms with E-state index in [2.05, 4.69) is 5.32 Å². The van der Waals surface area contributed by atoms with Gasteiger partial charge in [0.1, 0.15) is 17.0 Å². The highest BCUT2D eigenvalue weighted by Gasteiger charge is 2.27. The molecule has 10 heteroatoms. The lowest BCUT2D eigenvalue weighted by Crippen LogP contribution is -2.50. The van der Waals surface area contributed by atoms with Crippen LogP contribution in [0.25, 0.3) is 5.57 Å². The molecule has 0 unspecified atom stereocenters. The molecule has 2 aromatic carbocycles. The molecular formula is C33H43FN4O5. The van der Waals surface area contributed by atoms with Crippen LogP contribution in [0.4, 0.5) is 25.4 Å². The Bertz CT molecular complexity index is 1400. The van der Waals surface area contributed by atoms with Gasteiger partial charge in [-0.1, -0.05) is 18.2 Å². The molecule has 9 nitrogen and oxygen atoms in total. The minimum Gasteiger partial charge on any atom is -0.444 e. The molecule has 232 valence electrons. The van der Waals surface area contributed by atoms with Crippen LogP contribution in [0.2, 0.25) is 0 Å². The van der Waals surface area contributed by atoms with Crippen LogP contribution in [-0.4, -0.2) is 78.4 Å². The SMILES string of the molecule is Cc1cc(C2=CCN(C(=O)OC(C)(C)C)CC2)ccc1C(=O)Nc1ccc(N2CCN(C(=O)OC(C)(C)C)CC2)c(F)c1. The Kier molecular flexibility index (Phi) is 9.37. The summed E-state index contributed by atoms with van der Waals surface area (Å²) >= 11 is 0. The van der Waals surface area contributed by atoms with Gasteiger partial charge in [0.25, 0.3) is 5.91 Å². The molecule has 2 aliphatic heterocycles. The first-order valence-electron chi connectivity index (χ1n) is 14.7. The molecule has 1 saturated heterocycles. The summed E-state index contributed by atoms with van der Waals surface area (Å²) in [5.74, 6) is -0.767. The number of amides is 3. The molecule has 0 saturated carbocycles. The Labute approximate surface area is 253 Å². The van der Waals surface area contributed by atoms with Gasteiger partial charge < -0.3 is 29.5 Å². The second kappa shape index (κ2) is 12.7. The van der Waals surface area contributed by atoms with Crippen molar-refractivity contribution in [3.63, 3.8) is 0 Å². The van der Waals surface area contributed by atoms with E-state index < -0.39 is 17.0 Å². The Morgan fingerprint density at radius 1 is 0.814 bits per heavy atom. The van der Waals surface area contributed by atoms with Crippen molar-refractivity contribution in [1.29, 1.82) is 0 Å². The molecule has 4 rings (SSSR count). The summed E-state index contributed by atoms with van der Waals surface area (Å²) in [5, 5.41) is 2.81. The van der Waals surface area contributed by atoms with E-state index in [-0.39, 0.29) is 18.1 Å². The zero-order valence-electron chi connectivity index (χ0n) is 26.3. The topological polar surface area (TPSA) is 91.4 Å². The van der Waals surface area contributed by atoms with Crippen molar-refractivity contribution in [2.45, 2.75) is 66.1 Å². The number of aryl methyl sites for hydroxylation is 1. The van der Waals surface area contributed by atoms with Crippen molar-refractivity contribution in [2.75, 3.05) is 49.5 Å². The van der Waals surface area contributed by atoms with Gasteiger partial charge in [-0.25, -0.2) is 14.0 Å². The van der Waals surface area contributed by atoms with Gasteiger partial charge in [0.05, 0.1) is 5.69 Å². The van der Waals surface area contributed by atoms with Crippen LogP contribution < -0.4 is 10.2 Å². The van der Waals surface area contributed by atoms with Crippen molar-refractivity contribution in [1.82, 2.24) is 9.80 Å². The van der Waals surface area contributed by atoms with Crippen LogP contribution in [0, 0.1) is 12.7 Å². The molecule has 2 heterocycles. The van der Waals surface area contributed by atoms with Crippen LogP contribution in [0.5, 0.6) is 0 Å². The summed E-state index contributed by atoms with van der Waals surface area (Å²) in [6.45, 7) is 15.7. The third kappa shape index (κ3) is 8.49. The van der Waals surface area contributed by atoms with Gasteiger partial charge in [-0.3, -0.25) is 4.79 Å². The number of hydrogen-bond donors (Lipinski definition) is 1. The maximum absolute atomic E-state index is 15.1. The molecule has 43 heavy (non-hydrogen) atoms. The number of nitrogens with zero attached hydrogens (tertiary/aromatic N) is 3. The van der Waals surface area contributed by atoms with Crippen LogP contribution in [0.3, 0.4) is 0 Å². The average Bonchev–Trinajstić information content (AvgIpc) is 2.91. The molecule has 1 fully saturated rings. The molecule has 1 N–H and O–H groups in total. The highest BCUT2D eigenvalue weighted by molar-refractivity contribution is 6.05. The molecule has 0 spiro atoms. The number of benzene rings is 2. The molecule has 0 radical (unpaired) electrons. The summed E-state index contributed by atoms with van der Waals surface area (Å²) in [4.78, 5) is 43.0. The Morgan fingerprint density at radius 3 is 1.98 bits per heavy atom. The van der Waals surface area contributed by atoms with Gasteiger partial charge in [0.15, 0.2) is 0 Å². The first-order chi connectivity index (χ1) is 20.1. The first kappa shape index (κ1) is 31.8. The zero-order valence-corrected chi connectivity index (χ0v) is 26.3. The predicted molar refractivity (Wildman–Crippen MR) is 166 cm³/mol. The zero-order chi connectivity index (χ0) is 31.5. The molecule has 2 aromatic rings. The lowest BCUT2D eigenvalue weighted by atomic mass is 9.95. The van der Waals surface area contributed by atoms with Crippen LogP contribution in [-0.2, 0) is 9.47 Å². The second-order valence-electron chi connectivity index (χ2n) is 13.0. The van der Waals surface area contributed by atoms with E-state index in [0.717, 1.165) is 16.7 Å². The third-order valence-corrected chi connectivity index (χ3v) is 7.18. The van der Waals surface area contributed by atoms with E-state index in [1.165, 1.54) is 6.07 Å². The van der Waals surface area contributed by atoms with Crippen molar-refractivity contribution >= 4 is 35.0 Å². The summed E-state index contributed by atoms with van der Waals surface area (Å²) in [6.07, 6.45) is 2.01. The van der Waals surface area contributed by atoms with E-state index in [1.807, 2.05) is 71.6 Å². The Balaban J connectivity index is 1.34. The van der Waals surface area contributed by atoms with Gasteiger partial charge in [-0.15, -0.1) is 0 Å². The summed E-state index contributed by atoms with van der Waals surface area (Å²) < 4.78 is 26.0. The number of carbonyl (C=O) groups is 3. The fraction of sp³-hybridized carbons (Fsp3) is 0.485. The van der Waals surface area contributed by atoms with E-state index in [1.54, 1.807) is 28.0 Å². The number of nitrogens with one attached hydrogen (secondary N) is 1. The maximum atomic E-state index is 15.1. The minimum absolute atomic E-state index is 0.323. The average molecular weight is 595 g/mol. The van der Waals surface area contributed by atoms with E-state index >= 15 is 4.39 Å². The molecule has 3 amide bonds. The van der Waals surface area contributed by atoms with Gasteiger partial charge in [-0.05, 0) is 95.9 Å². The maximum Gasteiger partial charge on any atom is 0.410 e. The molecule has 2 aliphatic rings. The van der Waals surface area contributed by atoms with Crippen molar-refractivity contribution in [3.05, 3.63) is 65.0 Å².